The van der Waals surface area contributed by atoms with E-state index in [-0.39, 0.29) is 11.4 Å². The van der Waals surface area contributed by atoms with Crippen molar-refractivity contribution in [2.75, 3.05) is 0 Å². The predicted molar refractivity (Wildman–Crippen MR) is 61.9 cm³/mol. The molecule has 16 heavy (non-hydrogen) atoms. The van der Waals surface area contributed by atoms with Crippen LogP contribution in [-0.4, -0.2) is 10.2 Å². The van der Waals surface area contributed by atoms with Gasteiger partial charge in [-0.25, -0.2) is 5.10 Å². The van der Waals surface area contributed by atoms with E-state index in [0.29, 0.717) is 5.89 Å². The van der Waals surface area contributed by atoms with Crippen LogP contribution in [0.25, 0.3) is 0 Å². The number of benzene rings is 1. The molecule has 0 amide bonds. The fourth-order valence-electron chi connectivity index (χ4n) is 1.48. The van der Waals surface area contributed by atoms with E-state index in [1.54, 1.807) is 0 Å². The van der Waals surface area contributed by atoms with Crippen LogP contribution < -0.4 is 4.74 Å². The van der Waals surface area contributed by atoms with Gasteiger partial charge in [-0.1, -0.05) is 6.07 Å². The molecule has 2 rings (SSSR count). The molecule has 0 saturated heterocycles. The highest BCUT2D eigenvalue weighted by Gasteiger charge is 2.02. The monoisotopic (exact) mass is 236 g/mol. The first kappa shape index (κ1) is 10.9. The van der Waals surface area contributed by atoms with Crippen molar-refractivity contribution >= 4 is 12.2 Å². The van der Waals surface area contributed by atoms with Crippen molar-refractivity contribution < 1.29 is 9.15 Å². The summed E-state index contributed by atoms with van der Waals surface area (Å²) in [7, 11) is 0. The summed E-state index contributed by atoms with van der Waals surface area (Å²) in [6.07, 6.45) is 0. The zero-order valence-corrected chi connectivity index (χ0v) is 9.93. The Hall–Kier alpha value is -1.62. The van der Waals surface area contributed by atoms with Crippen molar-refractivity contribution in [2.24, 2.45) is 0 Å². The summed E-state index contributed by atoms with van der Waals surface area (Å²) in [5, 5.41) is 6.40. The summed E-state index contributed by atoms with van der Waals surface area (Å²) >= 11 is 4.77. The average Bonchev–Trinajstić information content (AvgIpc) is 2.60. The molecule has 1 aromatic heterocycles. The lowest BCUT2D eigenvalue weighted by Gasteiger charge is -2.05. The van der Waals surface area contributed by atoms with Gasteiger partial charge in [0.15, 0.2) is 6.61 Å². The van der Waals surface area contributed by atoms with Gasteiger partial charge in [-0.2, -0.15) is 0 Å². The molecule has 1 heterocycles. The van der Waals surface area contributed by atoms with Gasteiger partial charge in [-0.05, 0) is 49.3 Å². The van der Waals surface area contributed by atoms with E-state index >= 15 is 0 Å². The quantitative estimate of drug-likeness (QED) is 0.832. The summed E-state index contributed by atoms with van der Waals surface area (Å²) in [5.41, 5.74) is 2.33. The van der Waals surface area contributed by atoms with Crippen LogP contribution in [-0.2, 0) is 6.61 Å². The van der Waals surface area contributed by atoms with E-state index in [4.69, 9.17) is 21.4 Å². The van der Waals surface area contributed by atoms with Crippen molar-refractivity contribution in [3.63, 3.8) is 0 Å². The first-order valence-electron chi connectivity index (χ1n) is 4.89. The summed E-state index contributed by atoms with van der Waals surface area (Å²) < 4.78 is 10.6. The first-order valence-corrected chi connectivity index (χ1v) is 5.30. The smallest absolute Gasteiger partial charge is 0.284 e. The average molecular weight is 236 g/mol. The van der Waals surface area contributed by atoms with Crippen LogP contribution in [0, 0.1) is 18.7 Å². The van der Waals surface area contributed by atoms with Gasteiger partial charge in [0.05, 0.1) is 0 Å². The summed E-state index contributed by atoms with van der Waals surface area (Å²) in [6.45, 7) is 4.33. The van der Waals surface area contributed by atoms with Gasteiger partial charge in [0, 0.05) is 0 Å². The Morgan fingerprint density at radius 3 is 2.56 bits per heavy atom. The molecule has 0 unspecified atom stereocenters. The zero-order valence-electron chi connectivity index (χ0n) is 9.11. The molecule has 4 nitrogen and oxygen atoms in total. The predicted octanol–water partition coefficient (Wildman–Crippen LogP) is 2.93. The number of hydrogen-bond acceptors (Lipinski definition) is 4. The Kier molecular flexibility index (Phi) is 3.05. The maximum Gasteiger partial charge on any atom is 0.284 e. The number of aryl methyl sites for hydroxylation is 2. The van der Waals surface area contributed by atoms with Crippen molar-refractivity contribution in [1.82, 2.24) is 10.2 Å². The molecule has 0 aliphatic rings. The maximum atomic E-state index is 5.54. The minimum atomic E-state index is 0.263. The van der Waals surface area contributed by atoms with Gasteiger partial charge in [-0.15, -0.1) is 5.10 Å². The third kappa shape index (κ3) is 2.70. The fraction of sp³-hybridized carbons (Fsp3) is 0.273. The van der Waals surface area contributed by atoms with Crippen LogP contribution in [0.4, 0.5) is 0 Å². The molecule has 84 valence electrons. The number of hydrogen-bond donors (Lipinski definition) is 1. The summed E-state index contributed by atoms with van der Waals surface area (Å²) in [4.78, 5) is 0.263. The van der Waals surface area contributed by atoms with E-state index in [9.17, 15) is 0 Å². The number of aromatic amines is 1. The molecule has 2 aromatic rings. The van der Waals surface area contributed by atoms with Crippen molar-refractivity contribution in [3.05, 3.63) is 40.1 Å². The first-order chi connectivity index (χ1) is 7.63. The van der Waals surface area contributed by atoms with Gasteiger partial charge in [0.2, 0.25) is 0 Å². The fourth-order valence-corrected chi connectivity index (χ4v) is 1.63. The van der Waals surface area contributed by atoms with E-state index in [2.05, 4.69) is 16.3 Å². The minimum absolute atomic E-state index is 0.263. The topological polar surface area (TPSA) is 51.0 Å². The van der Waals surface area contributed by atoms with Crippen molar-refractivity contribution in [2.45, 2.75) is 20.5 Å². The number of ether oxygens (including phenoxy) is 1. The molecule has 1 aromatic carbocycles. The zero-order chi connectivity index (χ0) is 11.5. The number of rotatable bonds is 3. The Balaban J connectivity index is 2.07. The molecule has 0 fully saturated rings. The molecule has 0 atom stereocenters. The summed E-state index contributed by atoms with van der Waals surface area (Å²) in [6, 6.07) is 6.02. The molecule has 0 aliphatic carbocycles. The second kappa shape index (κ2) is 4.49. The normalized spacial score (nSPS) is 10.4. The van der Waals surface area contributed by atoms with Crippen molar-refractivity contribution in [1.29, 1.82) is 0 Å². The number of nitrogens with zero attached hydrogens (tertiary/aromatic N) is 1. The van der Waals surface area contributed by atoms with Crippen LogP contribution >= 0.6 is 12.2 Å². The van der Waals surface area contributed by atoms with Gasteiger partial charge in [0.1, 0.15) is 5.75 Å². The standard InChI is InChI=1S/C11H12N2O2S/c1-7-3-8(2)5-9(4-7)14-6-10-12-13-11(16)15-10/h3-5H,6H2,1-2H3,(H,13,16). The Labute approximate surface area is 98.3 Å². The number of aromatic nitrogens is 2. The third-order valence-electron chi connectivity index (χ3n) is 2.04. The largest absolute Gasteiger partial charge is 0.484 e. The van der Waals surface area contributed by atoms with Crippen LogP contribution in [0.15, 0.2) is 22.6 Å². The van der Waals surface area contributed by atoms with Crippen LogP contribution in [0.1, 0.15) is 17.0 Å². The molecule has 0 aliphatic heterocycles. The Bertz CT molecular complexity index is 525. The van der Waals surface area contributed by atoms with Crippen molar-refractivity contribution in [3.8, 4) is 5.75 Å². The maximum absolute atomic E-state index is 5.54. The van der Waals surface area contributed by atoms with Gasteiger partial charge < -0.3 is 9.15 Å². The van der Waals surface area contributed by atoms with Crippen LogP contribution in [0.2, 0.25) is 0 Å². The Morgan fingerprint density at radius 1 is 1.31 bits per heavy atom. The lowest BCUT2D eigenvalue weighted by atomic mass is 10.1. The SMILES string of the molecule is Cc1cc(C)cc(OCc2n[nH]c(=S)o2)c1. The highest BCUT2D eigenvalue weighted by atomic mass is 32.1. The van der Waals surface area contributed by atoms with Gasteiger partial charge in [-0.3, -0.25) is 0 Å². The molecular formula is C11H12N2O2S. The van der Waals surface area contributed by atoms with E-state index < -0.39 is 0 Å². The summed E-state index contributed by atoms with van der Waals surface area (Å²) in [5.74, 6) is 1.26. The van der Waals surface area contributed by atoms with Crippen LogP contribution in [0.3, 0.4) is 0 Å². The molecule has 1 N–H and O–H groups in total. The highest BCUT2D eigenvalue weighted by Crippen LogP contribution is 2.17. The lowest BCUT2D eigenvalue weighted by Crippen LogP contribution is -1.96. The minimum Gasteiger partial charge on any atom is -0.484 e. The highest BCUT2D eigenvalue weighted by molar-refractivity contribution is 7.71. The number of H-pyrrole nitrogens is 1. The molecule has 0 saturated carbocycles. The van der Waals surface area contributed by atoms with Gasteiger partial charge >= 0.3 is 0 Å². The second-order valence-electron chi connectivity index (χ2n) is 3.62. The van der Waals surface area contributed by atoms with E-state index in [0.717, 1.165) is 16.9 Å². The second-order valence-corrected chi connectivity index (χ2v) is 3.99. The number of nitrogens with one attached hydrogen (secondary N) is 1. The van der Waals surface area contributed by atoms with E-state index in [1.165, 1.54) is 0 Å². The lowest BCUT2D eigenvalue weighted by molar-refractivity contribution is 0.261. The molecule has 5 heteroatoms. The molecule has 0 bridgehead atoms. The van der Waals surface area contributed by atoms with Crippen LogP contribution in [0.5, 0.6) is 5.75 Å². The molecule has 0 radical (unpaired) electrons. The van der Waals surface area contributed by atoms with E-state index in [1.807, 2.05) is 26.0 Å². The molecule has 0 spiro atoms. The Morgan fingerprint density at radius 2 is 2.00 bits per heavy atom. The van der Waals surface area contributed by atoms with Gasteiger partial charge in [0.25, 0.3) is 10.7 Å². The third-order valence-corrected chi connectivity index (χ3v) is 2.21. The molecular weight excluding hydrogens is 224 g/mol.